The molecule has 0 radical (unpaired) electrons. The van der Waals surface area contributed by atoms with Gasteiger partial charge in [-0.15, -0.1) is 0 Å². The molecule has 3 N–H and O–H groups in total. The Morgan fingerprint density at radius 3 is 2.60 bits per heavy atom. The molecule has 0 spiro atoms. The highest BCUT2D eigenvalue weighted by molar-refractivity contribution is 5.68. The van der Waals surface area contributed by atoms with Gasteiger partial charge in [0.2, 0.25) is 5.88 Å². The number of nitrogens with one attached hydrogen (secondary N) is 1. The lowest BCUT2D eigenvalue weighted by Crippen LogP contribution is -2.44. The molecule has 0 aliphatic heterocycles. The standard InChI is InChI=1S/C14H23N3O3/c1-14(2,3)20-13(18)17-11(8-15)7-10-5-6-12(19-4)16-9-10/h5-6,9,11H,7-8,15H2,1-4H3,(H,17,18). The van der Waals surface area contributed by atoms with Gasteiger partial charge in [-0.1, -0.05) is 6.07 Å². The molecule has 1 rings (SSSR count). The summed E-state index contributed by atoms with van der Waals surface area (Å²) in [5.41, 5.74) is 6.12. The number of hydrogen-bond donors (Lipinski definition) is 2. The first kappa shape index (κ1) is 16.2. The SMILES string of the molecule is COc1ccc(CC(CN)NC(=O)OC(C)(C)C)cn1. The molecule has 20 heavy (non-hydrogen) atoms. The fourth-order valence-corrected chi connectivity index (χ4v) is 1.60. The summed E-state index contributed by atoms with van der Waals surface area (Å²) in [5, 5.41) is 2.76. The second kappa shape index (κ2) is 7.09. The molecule has 1 amide bonds. The highest BCUT2D eigenvalue weighted by atomic mass is 16.6. The van der Waals surface area contributed by atoms with Crippen molar-refractivity contribution in [3.05, 3.63) is 23.9 Å². The van der Waals surface area contributed by atoms with Crippen molar-refractivity contribution >= 4 is 6.09 Å². The van der Waals surface area contributed by atoms with E-state index in [0.717, 1.165) is 5.56 Å². The molecule has 0 aliphatic carbocycles. The Kier molecular flexibility index (Phi) is 5.76. The average Bonchev–Trinajstić information content (AvgIpc) is 2.36. The molecule has 1 aromatic heterocycles. The number of nitrogens with two attached hydrogens (primary N) is 1. The van der Waals surface area contributed by atoms with Crippen LogP contribution >= 0.6 is 0 Å². The topological polar surface area (TPSA) is 86.5 Å². The van der Waals surface area contributed by atoms with Gasteiger partial charge in [-0.2, -0.15) is 0 Å². The fourth-order valence-electron chi connectivity index (χ4n) is 1.60. The summed E-state index contributed by atoms with van der Waals surface area (Å²) < 4.78 is 10.2. The van der Waals surface area contributed by atoms with E-state index in [1.807, 2.05) is 26.8 Å². The predicted molar refractivity (Wildman–Crippen MR) is 76.7 cm³/mol. The summed E-state index contributed by atoms with van der Waals surface area (Å²) in [6.07, 6.45) is 1.83. The van der Waals surface area contributed by atoms with Crippen molar-refractivity contribution in [2.24, 2.45) is 5.73 Å². The first-order valence-corrected chi connectivity index (χ1v) is 6.52. The van der Waals surface area contributed by atoms with E-state index in [0.29, 0.717) is 18.8 Å². The third kappa shape index (κ3) is 5.88. The second-order valence-electron chi connectivity index (χ2n) is 5.49. The highest BCUT2D eigenvalue weighted by Crippen LogP contribution is 2.10. The lowest BCUT2D eigenvalue weighted by atomic mass is 10.1. The number of alkyl carbamates (subject to hydrolysis) is 1. The number of carbonyl (C=O) groups is 1. The fraction of sp³-hybridized carbons (Fsp3) is 0.571. The minimum Gasteiger partial charge on any atom is -0.481 e. The zero-order chi connectivity index (χ0) is 15.2. The Morgan fingerprint density at radius 2 is 2.15 bits per heavy atom. The summed E-state index contributed by atoms with van der Waals surface area (Å²) in [6.45, 7) is 5.78. The molecular weight excluding hydrogens is 258 g/mol. The van der Waals surface area contributed by atoms with Crippen molar-refractivity contribution in [3.63, 3.8) is 0 Å². The maximum atomic E-state index is 11.7. The van der Waals surface area contributed by atoms with E-state index in [9.17, 15) is 4.79 Å². The van der Waals surface area contributed by atoms with Gasteiger partial charge in [-0.05, 0) is 32.8 Å². The second-order valence-corrected chi connectivity index (χ2v) is 5.49. The van der Waals surface area contributed by atoms with Crippen molar-refractivity contribution in [3.8, 4) is 5.88 Å². The molecule has 0 bridgehead atoms. The molecular formula is C14H23N3O3. The largest absolute Gasteiger partial charge is 0.481 e. The smallest absolute Gasteiger partial charge is 0.407 e. The van der Waals surface area contributed by atoms with E-state index < -0.39 is 11.7 Å². The summed E-state index contributed by atoms with van der Waals surface area (Å²) in [6, 6.07) is 3.47. The average molecular weight is 281 g/mol. The third-order valence-electron chi connectivity index (χ3n) is 2.49. The molecule has 0 aliphatic rings. The summed E-state index contributed by atoms with van der Waals surface area (Å²) in [7, 11) is 1.56. The number of rotatable bonds is 5. The number of hydrogen-bond acceptors (Lipinski definition) is 5. The maximum absolute atomic E-state index is 11.7. The number of methoxy groups -OCH3 is 1. The molecule has 1 unspecified atom stereocenters. The van der Waals surface area contributed by atoms with Crippen molar-refractivity contribution < 1.29 is 14.3 Å². The predicted octanol–water partition coefficient (Wildman–Crippen LogP) is 1.48. The number of amides is 1. The third-order valence-corrected chi connectivity index (χ3v) is 2.49. The molecule has 6 nitrogen and oxygen atoms in total. The Morgan fingerprint density at radius 1 is 1.45 bits per heavy atom. The molecule has 6 heteroatoms. The van der Waals surface area contributed by atoms with Crippen molar-refractivity contribution in [1.29, 1.82) is 0 Å². The first-order valence-electron chi connectivity index (χ1n) is 6.52. The normalized spacial score (nSPS) is 12.7. The number of nitrogens with zero attached hydrogens (tertiary/aromatic N) is 1. The van der Waals surface area contributed by atoms with E-state index >= 15 is 0 Å². The minimum absolute atomic E-state index is 0.194. The van der Waals surface area contributed by atoms with E-state index in [-0.39, 0.29) is 6.04 Å². The summed E-state index contributed by atoms with van der Waals surface area (Å²) in [4.78, 5) is 15.8. The van der Waals surface area contributed by atoms with E-state index in [1.165, 1.54) is 0 Å². The van der Waals surface area contributed by atoms with Crippen LogP contribution in [0.25, 0.3) is 0 Å². The number of aromatic nitrogens is 1. The number of ether oxygens (including phenoxy) is 2. The van der Waals surface area contributed by atoms with Crippen LogP contribution in [0.4, 0.5) is 4.79 Å². The number of pyridine rings is 1. The summed E-state index contributed by atoms with van der Waals surface area (Å²) >= 11 is 0. The lowest BCUT2D eigenvalue weighted by molar-refractivity contribution is 0.0506. The van der Waals surface area contributed by atoms with Gasteiger partial charge in [-0.25, -0.2) is 9.78 Å². The van der Waals surface area contributed by atoms with Gasteiger partial charge >= 0.3 is 6.09 Å². The molecule has 0 aromatic carbocycles. The van der Waals surface area contributed by atoms with Crippen LogP contribution in [0.3, 0.4) is 0 Å². The highest BCUT2D eigenvalue weighted by Gasteiger charge is 2.19. The number of carbonyl (C=O) groups excluding carboxylic acids is 1. The van der Waals surface area contributed by atoms with Crippen LogP contribution in [0.15, 0.2) is 18.3 Å². The monoisotopic (exact) mass is 281 g/mol. The van der Waals surface area contributed by atoms with Gasteiger partial charge < -0.3 is 20.5 Å². The van der Waals surface area contributed by atoms with Crippen molar-refractivity contribution in [2.45, 2.75) is 38.8 Å². The molecule has 0 saturated carbocycles. The molecule has 1 heterocycles. The van der Waals surface area contributed by atoms with Gasteiger partial charge in [0, 0.05) is 24.8 Å². The molecule has 0 fully saturated rings. The van der Waals surface area contributed by atoms with E-state index in [4.69, 9.17) is 15.2 Å². The van der Waals surface area contributed by atoms with Gasteiger partial charge in [-0.3, -0.25) is 0 Å². The minimum atomic E-state index is -0.523. The first-order chi connectivity index (χ1) is 9.34. The zero-order valence-electron chi connectivity index (χ0n) is 12.5. The van der Waals surface area contributed by atoms with E-state index in [2.05, 4.69) is 10.3 Å². The van der Waals surface area contributed by atoms with Crippen LogP contribution in [-0.4, -0.2) is 36.4 Å². The van der Waals surface area contributed by atoms with Gasteiger partial charge in [0.15, 0.2) is 0 Å². The molecule has 1 atom stereocenters. The summed E-state index contributed by atoms with van der Waals surface area (Å²) in [5.74, 6) is 0.554. The van der Waals surface area contributed by atoms with Gasteiger partial charge in [0.1, 0.15) is 5.60 Å². The van der Waals surface area contributed by atoms with Crippen LogP contribution in [0, 0.1) is 0 Å². The molecule has 0 saturated heterocycles. The Balaban J connectivity index is 2.55. The van der Waals surface area contributed by atoms with Crippen LogP contribution in [0.2, 0.25) is 0 Å². The van der Waals surface area contributed by atoms with E-state index in [1.54, 1.807) is 19.4 Å². The van der Waals surface area contributed by atoms with Crippen LogP contribution in [0.5, 0.6) is 5.88 Å². The van der Waals surface area contributed by atoms with Crippen molar-refractivity contribution in [2.75, 3.05) is 13.7 Å². The molecule has 1 aromatic rings. The maximum Gasteiger partial charge on any atom is 0.407 e. The van der Waals surface area contributed by atoms with Crippen LogP contribution in [-0.2, 0) is 11.2 Å². The Labute approximate surface area is 119 Å². The Hall–Kier alpha value is -1.82. The van der Waals surface area contributed by atoms with Crippen LogP contribution in [0.1, 0.15) is 26.3 Å². The van der Waals surface area contributed by atoms with Crippen molar-refractivity contribution in [1.82, 2.24) is 10.3 Å². The van der Waals surface area contributed by atoms with Gasteiger partial charge in [0.25, 0.3) is 0 Å². The van der Waals surface area contributed by atoms with Crippen LogP contribution < -0.4 is 15.8 Å². The quantitative estimate of drug-likeness (QED) is 0.853. The van der Waals surface area contributed by atoms with Gasteiger partial charge in [0.05, 0.1) is 7.11 Å². The lowest BCUT2D eigenvalue weighted by Gasteiger charge is -2.23. The molecule has 112 valence electrons. The Bertz CT molecular complexity index is 426. The zero-order valence-corrected chi connectivity index (χ0v) is 12.5.